The first-order valence-corrected chi connectivity index (χ1v) is 16.1. The van der Waals surface area contributed by atoms with E-state index < -0.39 is 18.2 Å². The Morgan fingerprint density at radius 1 is 0.658 bits per heavy atom. The van der Waals surface area contributed by atoms with Gasteiger partial charge in [-0.05, 0) is 38.5 Å². The first-order chi connectivity index (χ1) is 18.6. The molecule has 3 atom stereocenters. The number of allylic oxidation sites excluding steroid dienone is 4. The van der Waals surface area contributed by atoms with Gasteiger partial charge in [-0.2, -0.15) is 0 Å². The minimum atomic E-state index is -1.14. The quantitative estimate of drug-likeness (QED) is 0.0603. The fourth-order valence-corrected chi connectivity index (χ4v) is 4.74. The Morgan fingerprint density at radius 3 is 1.66 bits per heavy atom. The van der Waals surface area contributed by atoms with E-state index in [1.165, 1.54) is 83.5 Å². The molecule has 0 aromatic heterocycles. The number of carbonyl (C=O) groups is 1. The van der Waals surface area contributed by atoms with Gasteiger partial charge in [0, 0.05) is 6.42 Å². The van der Waals surface area contributed by atoms with Crippen LogP contribution in [0.4, 0.5) is 0 Å². The molecular weight excluding hydrogens is 474 g/mol. The number of hydrogen-bond donors (Lipinski definition) is 4. The van der Waals surface area contributed by atoms with Crippen molar-refractivity contribution < 1.29 is 20.1 Å². The van der Waals surface area contributed by atoms with Crippen LogP contribution in [0.1, 0.15) is 155 Å². The molecule has 3 unspecified atom stereocenters. The summed E-state index contributed by atoms with van der Waals surface area (Å²) in [5.41, 5.74) is 0. The molecule has 0 aromatic carbocycles. The van der Waals surface area contributed by atoms with E-state index in [0.717, 1.165) is 44.9 Å². The van der Waals surface area contributed by atoms with Gasteiger partial charge in [0.2, 0.25) is 5.91 Å². The van der Waals surface area contributed by atoms with Gasteiger partial charge < -0.3 is 20.6 Å². The molecular formula is C33H63NO4. The number of aliphatic hydroxyl groups is 3. The molecule has 0 aliphatic heterocycles. The Hall–Kier alpha value is -1.17. The summed E-state index contributed by atoms with van der Waals surface area (Å²) in [6, 6.07) is -0.810. The molecule has 0 aliphatic rings. The Balaban J connectivity index is 3.77. The van der Waals surface area contributed by atoms with E-state index in [0.29, 0.717) is 12.8 Å². The smallest absolute Gasteiger partial charge is 0.220 e. The molecule has 0 rings (SSSR count). The third kappa shape index (κ3) is 23.9. The van der Waals surface area contributed by atoms with Crippen molar-refractivity contribution in [2.75, 3.05) is 6.61 Å². The summed E-state index contributed by atoms with van der Waals surface area (Å²) in [4.78, 5) is 12.3. The van der Waals surface area contributed by atoms with Crippen molar-refractivity contribution in [1.82, 2.24) is 5.32 Å². The monoisotopic (exact) mass is 537 g/mol. The second kappa shape index (κ2) is 28.8. The van der Waals surface area contributed by atoms with E-state index in [9.17, 15) is 20.1 Å². The Morgan fingerprint density at radius 2 is 1.11 bits per heavy atom. The molecule has 0 aromatic rings. The van der Waals surface area contributed by atoms with Gasteiger partial charge in [-0.25, -0.2) is 0 Å². The summed E-state index contributed by atoms with van der Waals surface area (Å²) in [7, 11) is 0. The van der Waals surface area contributed by atoms with E-state index >= 15 is 0 Å². The summed E-state index contributed by atoms with van der Waals surface area (Å²) >= 11 is 0. The lowest BCUT2D eigenvalue weighted by atomic mass is 9.99. The minimum Gasteiger partial charge on any atom is -0.394 e. The molecule has 0 heterocycles. The van der Waals surface area contributed by atoms with Crippen LogP contribution in [0.2, 0.25) is 0 Å². The predicted octanol–water partition coefficient (Wildman–Crippen LogP) is 7.92. The van der Waals surface area contributed by atoms with Crippen molar-refractivity contribution in [3.8, 4) is 0 Å². The van der Waals surface area contributed by atoms with Crippen molar-refractivity contribution >= 4 is 5.91 Å². The van der Waals surface area contributed by atoms with Crippen molar-refractivity contribution in [3.05, 3.63) is 24.3 Å². The zero-order valence-electron chi connectivity index (χ0n) is 25.1. The number of unbranched alkanes of at least 4 members (excludes halogenated alkanes) is 17. The summed E-state index contributed by atoms with van der Waals surface area (Å²) < 4.78 is 0. The van der Waals surface area contributed by atoms with E-state index in [-0.39, 0.29) is 12.5 Å². The molecule has 0 bridgehead atoms. The summed E-state index contributed by atoms with van der Waals surface area (Å²) in [5, 5.41) is 33.1. The maximum absolute atomic E-state index is 12.3. The molecule has 0 radical (unpaired) electrons. The third-order valence-electron chi connectivity index (χ3n) is 7.34. The zero-order valence-corrected chi connectivity index (χ0v) is 25.1. The molecule has 5 nitrogen and oxygen atoms in total. The molecule has 224 valence electrons. The second-order valence-corrected chi connectivity index (χ2v) is 11.0. The Labute approximate surface area is 235 Å². The fourth-order valence-electron chi connectivity index (χ4n) is 4.74. The molecule has 4 N–H and O–H groups in total. The van der Waals surface area contributed by atoms with Crippen LogP contribution in [-0.2, 0) is 4.79 Å². The number of rotatable bonds is 28. The van der Waals surface area contributed by atoms with Gasteiger partial charge in [0.1, 0.15) is 6.10 Å². The van der Waals surface area contributed by atoms with Crippen LogP contribution >= 0.6 is 0 Å². The summed E-state index contributed by atoms with van der Waals surface area (Å²) in [5.74, 6) is -0.161. The normalized spacial score (nSPS) is 14.3. The van der Waals surface area contributed by atoms with E-state index in [1.54, 1.807) is 0 Å². The van der Waals surface area contributed by atoms with E-state index in [4.69, 9.17) is 0 Å². The molecule has 5 heteroatoms. The lowest BCUT2D eigenvalue weighted by Crippen LogP contribution is -2.50. The highest BCUT2D eigenvalue weighted by molar-refractivity contribution is 5.76. The van der Waals surface area contributed by atoms with Crippen molar-refractivity contribution in [1.29, 1.82) is 0 Å². The summed E-state index contributed by atoms with van der Waals surface area (Å²) in [6.45, 7) is 4.09. The van der Waals surface area contributed by atoms with Crippen LogP contribution in [-0.4, -0.2) is 46.1 Å². The van der Waals surface area contributed by atoms with Gasteiger partial charge in [-0.1, -0.05) is 134 Å². The molecule has 0 fully saturated rings. The van der Waals surface area contributed by atoms with Gasteiger partial charge in [0.05, 0.1) is 18.8 Å². The summed E-state index contributed by atoms with van der Waals surface area (Å²) in [6.07, 6.45) is 31.2. The Kier molecular flexibility index (Phi) is 27.9. The van der Waals surface area contributed by atoms with Crippen molar-refractivity contribution in [3.63, 3.8) is 0 Å². The maximum atomic E-state index is 12.3. The largest absolute Gasteiger partial charge is 0.394 e. The number of carbonyl (C=O) groups excluding carboxylic acids is 1. The SMILES string of the molecule is CCCCC/C=C\C=C/CCCCCCCCC(=O)NC(CO)C(O)C(O)CCCCCCCCCCC. The topological polar surface area (TPSA) is 89.8 Å². The molecule has 0 saturated carbocycles. The van der Waals surface area contributed by atoms with E-state index in [2.05, 4.69) is 43.5 Å². The average molecular weight is 538 g/mol. The molecule has 38 heavy (non-hydrogen) atoms. The first kappa shape index (κ1) is 36.8. The highest BCUT2D eigenvalue weighted by atomic mass is 16.3. The van der Waals surface area contributed by atoms with Crippen LogP contribution in [0.25, 0.3) is 0 Å². The standard InChI is InChI=1S/C33H63NO4/c1-3-5-7-9-11-13-14-15-16-17-18-20-22-24-26-28-32(37)34-30(29-35)33(38)31(36)27-25-23-21-19-12-10-8-6-4-2/h11,13-15,30-31,33,35-36,38H,3-10,12,16-29H2,1-2H3,(H,34,37)/b13-11-,15-14-. The highest BCUT2D eigenvalue weighted by Gasteiger charge is 2.26. The Bertz CT molecular complexity index is 563. The van der Waals surface area contributed by atoms with Crippen LogP contribution in [0.5, 0.6) is 0 Å². The number of hydrogen-bond acceptors (Lipinski definition) is 4. The third-order valence-corrected chi connectivity index (χ3v) is 7.34. The molecule has 0 spiro atoms. The number of amides is 1. The molecule has 0 saturated heterocycles. The van der Waals surface area contributed by atoms with Gasteiger partial charge in [0.25, 0.3) is 0 Å². The van der Waals surface area contributed by atoms with E-state index in [1.807, 2.05) is 0 Å². The maximum Gasteiger partial charge on any atom is 0.220 e. The first-order valence-electron chi connectivity index (χ1n) is 16.1. The van der Waals surface area contributed by atoms with Crippen LogP contribution in [0.3, 0.4) is 0 Å². The second-order valence-electron chi connectivity index (χ2n) is 11.0. The molecule has 0 aliphatic carbocycles. The highest BCUT2D eigenvalue weighted by Crippen LogP contribution is 2.14. The number of aliphatic hydroxyl groups excluding tert-OH is 3. The number of nitrogens with one attached hydrogen (secondary N) is 1. The van der Waals surface area contributed by atoms with Crippen LogP contribution in [0.15, 0.2) is 24.3 Å². The zero-order chi connectivity index (χ0) is 28.1. The van der Waals surface area contributed by atoms with Crippen molar-refractivity contribution in [2.24, 2.45) is 0 Å². The van der Waals surface area contributed by atoms with Gasteiger partial charge in [0.15, 0.2) is 0 Å². The minimum absolute atomic E-state index is 0.161. The lowest BCUT2D eigenvalue weighted by Gasteiger charge is -2.26. The van der Waals surface area contributed by atoms with Crippen molar-refractivity contribution in [2.45, 2.75) is 173 Å². The fraction of sp³-hybridized carbons (Fsp3) is 0.848. The van der Waals surface area contributed by atoms with Crippen LogP contribution < -0.4 is 5.32 Å². The predicted molar refractivity (Wildman–Crippen MR) is 162 cm³/mol. The van der Waals surface area contributed by atoms with Crippen LogP contribution in [0, 0.1) is 0 Å². The van der Waals surface area contributed by atoms with Gasteiger partial charge in [-0.15, -0.1) is 0 Å². The van der Waals surface area contributed by atoms with Gasteiger partial charge in [-0.3, -0.25) is 4.79 Å². The molecule has 1 amide bonds. The van der Waals surface area contributed by atoms with Gasteiger partial charge >= 0.3 is 0 Å². The lowest BCUT2D eigenvalue weighted by molar-refractivity contribution is -0.124. The average Bonchev–Trinajstić information content (AvgIpc) is 2.92.